The zero-order chi connectivity index (χ0) is 19.2. The summed E-state index contributed by atoms with van der Waals surface area (Å²) < 4.78 is 5.04. The molecule has 136 valence electrons. The summed E-state index contributed by atoms with van der Waals surface area (Å²) in [5.74, 6) is -0.922. The zero-order valence-corrected chi connectivity index (χ0v) is 15.4. The van der Waals surface area contributed by atoms with Crippen molar-refractivity contribution in [3.63, 3.8) is 0 Å². The molecule has 0 radical (unpaired) electrons. The van der Waals surface area contributed by atoms with Crippen LogP contribution in [0.1, 0.15) is 16.7 Å². The molecule has 0 aliphatic heterocycles. The molecule has 0 spiro atoms. The van der Waals surface area contributed by atoms with Gasteiger partial charge in [0, 0.05) is 11.8 Å². The Morgan fingerprint density at radius 1 is 0.963 bits per heavy atom. The highest BCUT2D eigenvalue weighted by atomic mass is 16.5. The molecule has 0 aliphatic rings. The average molecular weight is 359 g/mol. The van der Waals surface area contributed by atoms with Crippen LogP contribution in [0.4, 0.5) is 5.69 Å². The molecule has 3 aromatic rings. The van der Waals surface area contributed by atoms with Gasteiger partial charge >= 0.3 is 5.97 Å². The molecular formula is C23H21NO3. The molecule has 3 rings (SSSR count). The van der Waals surface area contributed by atoms with Crippen LogP contribution in [-0.2, 0) is 14.3 Å². The Bertz CT molecular complexity index is 1020. The number of amides is 1. The van der Waals surface area contributed by atoms with E-state index < -0.39 is 5.97 Å². The van der Waals surface area contributed by atoms with Crippen molar-refractivity contribution in [3.05, 3.63) is 83.4 Å². The van der Waals surface area contributed by atoms with Crippen LogP contribution in [0.2, 0.25) is 0 Å². The van der Waals surface area contributed by atoms with E-state index in [0.717, 1.165) is 33.2 Å². The van der Waals surface area contributed by atoms with Gasteiger partial charge in [-0.25, -0.2) is 4.79 Å². The minimum absolute atomic E-state index is 0.327. The lowest BCUT2D eigenvalue weighted by Crippen LogP contribution is -2.20. The highest BCUT2D eigenvalue weighted by molar-refractivity contribution is 5.97. The van der Waals surface area contributed by atoms with Crippen LogP contribution >= 0.6 is 0 Å². The molecule has 1 N–H and O–H groups in total. The molecule has 0 bridgehead atoms. The molecule has 0 heterocycles. The Morgan fingerprint density at radius 2 is 1.70 bits per heavy atom. The largest absolute Gasteiger partial charge is 0.452 e. The molecule has 4 heteroatoms. The molecule has 0 saturated heterocycles. The van der Waals surface area contributed by atoms with Gasteiger partial charge in [0.15, 0.2) is 6.61 Å². The van der Waals surface area contributed by atoms with Gasteiger partial charge in [-0.2, -0.15) is 0 Å². The SMILES string of the molecule is Cc1cccc(NC(=O)COC(=O)/C=C/c2cccc3ccccc23)c1C. The molecule has 0 atom stereocenters. The van der Waals surface area contributed by atoms with Crippen molar-refractivity contribution in [2.45, 2.75) is 13.8 Å². The summed E-state index contributed by atoms with van der Waals surface area (Å²) in [6.45, 7) is 3.58. The third kappa shape index (κ3) is 4.61. The predicted octanol–water partition coefficient (Wildman–Crippen LogP) is 4.65. The highest BCUT2D eigenvalue weighted by Crippen LogP contribution is 2.20. The van der Waals surface area contributed by atoms with E-state index >= 15 is 0 Å². The third-order valence-corrected chi connectivity index (χ3v) is 4.45. The second-order valence-electron chi connectivity index (χ2n) is 6.31. The van der Waals surface area contributed by atoms with Crippen molar-refractivity contribution >= 4 is 34.4 Å². The van der Waals surface area contributed by atoms with E-state index in [2.05, 4.69) is 5.32 Å². The zero-order valence-electron chi connectivity index (χ0n) is 15.4. The molecule has 0 saturated carbocycles. The smallest absolute Gasteiger partial charge is 0.331 e. The maximum absolute atomic E-state index is 12.0. The summed E-state index contributed by atoms with van der Waals surface area (Å²) in [7, 11) is 0. The molecular weight excluding hydrogens is 338 g/mol. The van der Waals surface area contributed by atoms with E-state index in [4.69, 9.17) is 4.74 Å². The van der Waals surface area contributed by atoms with Crippen LogP contribution in [0.25, 0.3) is 16.8 Å². The summed E-state index contributed by atoms with van der Waals surface area (Å²) in [5.41, 5.74) is 3.73. The molecule has 0 fully saturated rings. The number of fused-ring (bicyclic) bond motifs is 1. The van der Waals surface area contributed by atoms with Gasteiger partial charge in [0.1, 0.15) is 0 Å². The van der Waals surface area contributed by atoms with Crippen LogP contribution < -0.4 is 5.32 Å². The molecule has 27 heavy (non-hydrogen) atoms. The summed E-state index contributed by atoms with van der Waals surface area (Å²) in [6, 6.07) is 19.5. The first-order valence-corrected chi connectivity index (χ1v) is 8.73. The minimum Gasteiger partial charge on any atom is -0.452 e. The van der Waals surface area contributed by atoms with E-state index in [9.17, 15) is 9.59 Å². The molecule has 1 amide bonds. The molecule has 4 nitrogen and oxygen atoms in total. The fourth-order valence-corrected chi connectivity index (χ4v) is 2.81. The lowest BCUT2D eigenvalue weighted by Gasteiger charge is -2.10. The fourth-order valence-electron chi connectivity index (χ4n) is 2.81. The number of benzene rings is 3. The molecule has 3 aromatic carbocycles. The van der Waals surface area contributed by atoms with Gasteiger partial charge in [0.05, 0.1) is 0 Å². The standard InChI is InChI=1S/C23H21NO3/c1-16-7-5-12-21(17(16)2)24-22(25)15-27-23(26)14-13-19-10-6-9-18-8-3-4-11-20(18)19/h3-14H,15H2,1-2H3,(H,24,25)/b14-13+. The van der Waals surface area contributed by atoms with E-state index in [0.29, 0.717) is 0 Å². The van der Waals surface area contributed by atoms with Crippen LogP contribution in [0.3, 0.4) is 0 Å². The molecule has 0 unspecified atom stereocenters. The normalized spacial score (nSPS) is 10.9. The number of anilines is 1. The Balaban J connectivity index is 1.58. The second-order valence-corrected chi connectivity index (χ2v) is 6.31. The van der Waals surface area contributed by atoms with Crippen molar-refractivity contribution in [2.75, 3.05) is 11.9 Å². The first-order valence-electron chi connectivity index (χ1n) is 8.73. The van der Waals surface area contributed by atoms with Gasteiger partial charge in [-0.05, 0) is 53.5 Å². The summed E-state index contributed by atoms with van der Waals surface area (Å²) in [4.78, 5) is 24.0. The number of hydrogen-bond donors (Lipinski definition) is 1. The fraction of sp³-hybridized carbons (Fsp3) is 0.130. The number of rotatable bonds is 5. The van der Waals surface area contributed by atoms with Crippen molar-refractivity contribution in [2.24, 2.45) is 0 Å². The number of carbonyl (C=O) groups is 2. The number of carbonyl (C=O) groups excluding carboxylic acids is 2. The molecule has 0 aromatic heterocycles. The van der Waals surface area contributed by atoms with Crippen LogP contribution in [0.5, 0.6) is 0 Å². The van der Waals surface area contributed by atoms with E-state index in [-0.39, 0.29) is 12.5 Å². The maximum Gasteiger partial charge on any atom is 0.331 e. The first kappa shape index (κ1) is 18.4. The first-order chi connectivity index (χ1) is 13.0. The Hall–Kier alpha value is -3.40. The molecule has 0 aliphatic carbocycles. The Kier molecular flexibility index (Phi) is 5.67. The number of nitrogens with one attached hydrogen (secondary N) is 1. The van der Waals surface area contributed by atoms with Crippen LogP contribution in [0, 0.1) is 13.8 Å². The number of hydrogen-bond acceptors (Lipinski definition) is 3. The van der Waals surface area contributed by atoms with Crippen molar-refractivity contribution in [1.29, 1.82) is 0 Å². The Morgan fingerprint density at radius 3 is 2.56 bits per heavy atom. The van der Waals surface area contributed by atoms with E-state index in [1.165, 1.54) is 6.08 Å². The lowest BCUT2D eigenvalue weighted by atomic mass is 10.0. The number of esters is 1. The number of aryl methyl sites for hydroxylation is 1. The maximum atomic E-state index is 12.0. The monoisotopic (exact) mass is 359 g/mol. The topological polar surface area (TPSA) is 55.4 Å². The van der Waals surface area contributed by atoms with Crippen LogP contribution in [0.15, 0.2) is 66.7 Å². The third-order valence-electron chi connectivity index (χ3n) is 4.45. The quantitative estimate of drug-likeness (QED) is 0.533. The lowest BCUT2D eigenvalue weighted by molar-refractivity contribution is -0.142. The summed E-state index contributed by atoms with van der Waals surface area (Å²) in [6.07, 6.45) is 3.04. The second kappa shape index (κ2) is 8.32. The van der Waals surface area contributed by atoms with E-state index in [1.54, 1.807) is 6.08 Å². The van der Waals surface area contributed by atoms with Crippen molar-refractivity contribution < 1.29 is 14.3 Å². The minimum atomic E-state index is -0.556. The predicted molar refractivity (Wildman–Crippen MR) is 108 cm³/mol. The number of ether oxygens (including phenoxy) is 1. The van der Waals surface area contributed by atoms with Crippen molar-refractivity contribution in [3.8, 4) is 0 Å². The van der Waals surface area contributed by atoms with Gasteiger partial charge in [-0.1, -0.05) is 54.6 Å². The van der Waals surface area contributed by atoms with Gasteiger partial charge in [0.2, 0.25) is 0 Å². The van der Waals surface area contributed by atoms with Gasteiger partial charge in [0.25, 0.3) is 5.91 Å². The van der Waals surface area contributed by atoms with Crippen LogP contribution in [-0.4, -0.2) is 18.5 Å². The average Bonchev–Trinajstić information content (AvgIpc) is 2.68. The highest BCUT2D eigenvalue weighted by Gasteiger charge is 2.08. The van der Waals surface area contributed by atoms with Gasteiger partial charge < -0.3 is 10.1 Å². The summed E-state index contributed by atoms with van der Waals surface area (Å²) in [5, 5.41) is 4.91. The van der Waals surface area contributed by atoms with Gasteiger partial charge in [-0.15, -0.1) is 0 Å². The van der Waals surface area contributed by atoms with Gasteiger partial charge in [-0.3, -0.25) is 4.79 Å². The van der Waals surface area contributed by atoms with E-state index in [1.807, 2.05) is 74.5 Å². The summed E-state index contributed by atoms with van der Waals surface area (Å²) >= 11 is 0. The Labute approximate surface area is 158 Å². The van der Waals surface area contributed by atoms with Crippen molar-refractivity contribution in [1.82, 2.24) is 0 Å².